The first-order valence-corrected chi connectivity index (χ1v) is 8.22. The number of anilines is 1. The molecule has 0 radical (unpaired) electrons. The molecule has 0 spiro atoms. The van der Waals surface area contributed by atoms with E-state index >= 15 is 0 Å². The number of hydrogen-bond donors (Lipinski definition) is 0. The van der Waals surface area contributed by atoms with Gasteiger partial charge >= 0.3 is 6.18 Å². The molecule has 2 rings (SSSR count). The zero-order valence-electron chi connectivity index (χ0n) is 14.5. The van der Waals surface area contributed by atoms with E-state index in [1.54, 1.807) is 18.7 Å². The van der Waals surface area contributed by atoms with Crippen LogP contribution in [0.15, 0.2) is 23.3 Å². The van der Waals surface area contributed by atoms with Gasteiger partial charge in [0, 0.05) is 23.7 Å². The van der Waals surface area contributed by atoms with Gasteiger partial charge in [0.05, 0.1) is 12.1 Å². The third kappa shape index (κ3) is 3.82. The van der Waals surface area contributed by atoms with Gasteiger partial charge in [-0.15, -0.1) is 0 Å². The van der Waals surface area contributed by atoms with Crippen molar-refractivity contribution in [2.24, 2.45) is 5.11 Å². The lowest BCUT2D eigenvalue weighted by Crippen LogP contribution is -2.44. The van der Waals surface area contributed by atoms with E-state index in [0.717, 1.165) is 17.0 Å². The van der Waals surface area contributed by atoms with Crippen molar-refractivity contribution in [3.05, 3.63) is 45.6 Å². The molecule has 0 atom stereocenters. The minimum absolute atomic E-state index is 0.0460. The maximum atomic E-state index is 13.2. The molecule has 1 aliphatic rings. The van der Waals surface area contributed by atoms with E-state index in [1.165, 1.54) is 6.07 Å². The minimum Gasteiger partial charge on any atom is -0.334 e. The molecule has 0 aliphatic carbocycles. The summed E-state index contributed by atoms with van der Waals surface area (Å²) in [5, 5.41) is 3.48. The van der Waals surface area contributed by atoms with Crippen LogP contribution in [-0.4, -0.2) is 34.5 Å². The maximum Gasteiger partial charge on any atom is 0.407 e. The lowest BCUT2D eigenvalue weighted by Gasteiger charge is -2.29. The number of benzene rings is 1. The molecule has 1 fully saturated rings. The fraction of sp³-hybridized carbons (Fsp3) is 0.438. The van der Waals surface area contributed by atoms with Gasteiger partial charge in [0.25, 0.3) is 5.91 Å². The molecule has 0 aromatic heterocycles. The third-order valence-corrected chi connectivity index (χ3v) is 4.59. The predicted octanol–water partition coefficient (Wildman–Crippen LogP) is 4.67. The zero-order chi connectivity index (χ0) is 20.4. The smallest absolute Gasteiger partial charge is 0.334 e. The highest BCUT2D eigenvalue weighted by Crippen LogP contribution is 2.40. The van der Waals surface area contributed by atoms with Crippen molar-refractivity contribution in [2.45, 2.75) is 32.0 Å². The van der Waals surface area contributed by atoms with Gasteiger partial charge in [-0.25, -0.2) is 4.85 Å². The van der Waals surface area contributed by atoms with Crippen molar-refractivity contribution < 1.29 is 18.0 Å². The Hall–Kier alpha value is -2.83. The number of thiocarbonyl (C=S) groups is 1. The summed E-state index contributed by atoms with van der Waals surface area (Å²) in [6, 6.07) is 3.06. The number of hydrogen-bond acceptors (Lipinski definition) is 3. The number of halogens is 3. The second kappa shape index (κ2) is 7.42. The second-order valence-corrected chi connectivity index (χ2v) is 6.62. The molecule has 11 heteroatoms. The van der Waals surface area contributed by atoms with E-state index in [4.69, 9.17) is 24.3 Å². The first-order valence-electron chi connectivity index (χ1n) is 7.81. The van der Waals surface area contributed by atoms with Gasteiger partial charge in [-0.05, 0) is 50.2 Å². The van der Waals surface area contributed by atoms with Crippen LogP contribution in [0.25, 0.3) is 15.3 Å². The molecule has 1 saturated heterocycles. The Morgan fingerprint density at radius 2 is 2.04 bits per heavy atom. The number of nitrogens with zero attached hydrogens (tertiary/aromatic N) is 6. The summed E-state index contributed by atoms with van der Waals surface area (Å²) < 4.78 is 39.7. The largest absolute Gasteiger partial charge is 0.407 e. The molecular formula is C16H15F3N6OS. The molecular weight excluding hydrogens is 381 g/mol. The fourth-order valence-corrected chi connectivity index (χ4v) is 3.28. The summed E-state index contributed by atoms with van der Waals surface area (Å²) in [5.74, 6) is -0.472. The summed E-state index contributed by atoms with van der Waals surface area (Å²) >= 11 is 5.33. The molecule has 142 valence electrons. The van der Waals surface area contributed by atoms with E-state index in [-0.39, 0.29) is 17.3 Å². The molecule has 7 nitrogen and oxygen atoms in total. The van der Waals surface area contributed by atoms with Gasteiger partial charge in [-0.2, -0.15) is 13.2 Å². The Morgan fingerprint density at radius 3 is 2.59 bits per heavy atom. The lowest BCUT2D eigenvalue weighted by molar-refractivity contribution is -0.136. The van der Waals surface area contributed by atoms with Gasteiger partial charge < -0.3 is 4.90 Å². The van der Waals surface area contributed by atoms with E-state index in [0.29, 0.717) is 13.0 Å². The van der Waals surface area contributed by atoms with Crippen molar-refractivity contribution in [2.75, 3.05) is 18.0 Å². The van der Waals surface area contributed by atoms with E-state index in [9.17, 15) is 18.0 Å². The Bertz CT molecular complexity index is 870. The van der Waals surface area contributed by atoms with Crippen LogP contribution < -0.4 is 4.90 Å². The van der Waals surface area contributed by atoms with Crippen molar-refractivity contribution >= 4 is 34.6 Å². The summed E-state index contributed by atoms with van der Waals surface area (Å²) in [6.07, 6.45) is -4.30. The van der Waals surface area contributed by atoms with Gasteiger partial charge in [0.15, 0.2) is 10.8 Å². The van der Waals surface area contributed by atoms with Gasteiger partial charge in [-0.1, -0.05) is 11.2 Å². The predicted molar refractivity (Wildman–Crippen MR) is 97.2 cm³/mol. The average Bonchev–Trinajstić information content (AvgIpc) is 2.76. The monoisotopic (exact) mass is 396 g/mol. The van der Waals surface area contributed by atoms with Crippen LogP contribution in [0.4, 0.5) is 24.5 Å². The average molecular weight is 396 g/mol. The van der Waals surface area contributed by atoms with E-state index < -0.39 is 28.9 Å². The first kappa shape index (κ1) is 20.5. The van der Waals surface area contributed by atoms with E-state index in [2.05, 4.69) is 14.9 Å². The molecule has 1 aromatic carbocycles. The van der Waals surface area contributed by atoms with Gasteiger partial charge in [0.1, 0.15) is 5.54 Å². The standard InChI is InChI=1S/C16H15F3N6OS/c1-15(2)13(26)25(14(27)24(15)8-4-7-22-23-20)10-5-6-12(21-3)11(9-10)16(17,18)19/h5-6,9H,4,7-8H2,1-2H3. The molecule has 1 aromatic rings. The molecule has 1 amide bonds. The number of carbonyl (C=O) groups excluding carboxylic acids is 1. The molecule has 0 N–H and O–H groups in total. The van der Waals surface area contributed by atoms with Gasteiger partial charge in [-0.3, -0.25) is 9.69 Å². The maximum absolute atomic E-state index is 13.2. The minimum atomic E-state index is -4.73. The van der Waals surface area contributed by atoms with Crippen LogP contribution in [0.1, 0.15) is 25.8 Å². The summed E-state index contributed by atoms with van der Waals surface area (Å²) in [7, 11) is 0. The third-order valence-electron chi connectivity index (χ3n) is 4.19. The highest BCUT2D eigenvalue weighted by molar-refractivity contribution is 7.80. The zero-order valence-corrected chi connectivity index (χ0v) is 15.3. The van der Waals surface area contributed by atoms with Crippen LogP contribution in [0.3, 0.4) is 0 Å². The number of alkyl halides is 3. The molecule has 0 bridgehead atoms. The number of carbonyl (C=O) groups is 1. The number of azide groups is 1. The van der Waals surface area contributed by atoms with Crippen LogP contribution in [0.5, 0.6) is 0 Å². The van der Waals surface area contributed by atoms with Crippen LogP contribution in [0, 0.1) is 6.57 Å². The Labute approximate surface area is 158 Å². The Balaban J connectivity index is 2.41. The molecule has 0 unspecified atom stereocenters. The molecule has 1 heterocycles. The molecule has 1 aliphatic heterocycles. The van der Waals surface area contributed by atoms with E-state index in [1.807, 2.05) is 0 Å². The normalized spacial score (nSPS) is 16.3. The highest BCUT2D eigenvalue weighted by atomic mass is 32.1. The summed E-state index contributed by atoms with van der Waals surface area (Å²) in [5.41, 5.74) is 5.55. The lowest BCUT2D eigenvalue weighted by atomic mass is 10.0. The number of rotatable bonds is 5. The SMILES string of the molecule is [C-]#[N+]c1ccc(N2C(=O)C(C)(C)N(CCCN=[N+]=[N-])C2=S)cc1C(F)(F)F. The molecule has 0 saturated carbocycles. The van der Waals surface area contributed by atoms with Crippen LogP contribution in [-0.2, 0) is 11.0 Å². The Kier molecular flexibility index (Phi) is 5.63. The van der Waals surface area contributed by atoms with Crippen molar-refractivity contribution in [3.8, 4) is 0 Å². The summed E-state index contributed by atoms with van der Waals surface area (Å²) in [6.45, 7) is 10.7. The first-order chi connectivity index (χ1) is 12.6. The van der Waals surface area contributed by atoms with Crippen molar-refractivity contribution in [3.63, 3.8) is 0 Å². The van der Waals surface area contributed by atoms with Crippen molar-refractivity contribution in [1.29, 1.82) is 0 Å². The van der Waals surface area contributed by atoms with Crippen molar-refractivity contribution in [1.82, 2.24) is 4.90 Å². The number of amides is 1. The second-order valence-electron chi connectivity index (χ2n) is 6.25. The topological polar surface area (TPSA) is 76.7 Å². The Morgan fingerprint density at radius 1 is 1.37 bits per heavy atom. The van der Waals surface area contributed by atoms with Gasteiger partial charge in [0.2, 0.25) is 0 Å². The highest BCUT2D eigenvalue weighted by Gasteiger charge is 2.49. The summed E-state index contributed by atoms with van der Waals surface area (Å²) in [4.78, 5) is 21.0. The fourth-order valence-electron chi connectivity index (χ4n) is 2.77. The van der Waals surface area contributed by atoms with Crippen LogP contribution >= 0.6 is 12.2 Å². The van der Waals surface area contributed by atoms with Crippen LogP contribution in [0.2, 0.25) is 0 Å². The molecule has 27 heavy (non-hydrogen) atoms. The quantitative estimate of drug-likeness (QED) is 0.181.